The summed E-state index contributed by atoms with van der Waals surface area (Å²) >= 11 is 0. The number of nitrogens with zero attached hydrogens (tertiary/aromatic N) is 5. The Balaban J connectivity index is 1.31. The summed E-state index contributed by atoms with van der Waals surface area (Å²) in [6.45, 7) is 3.49. The highest BCUT2D eigenvalue weighted by atomic mass is 16.1. The number of hydrogen-bond donors (Lipinski definition) is 1. The third kappa shape index (κ3) is 3.29. The summed E-state index contributed by atoms with van der Waals surface area (Å²) in [6.07, 6.45) is 7.00. The Morgan fingerprint density at radius 2 is 2.09 bits per heavy atom. The molecule has 7 heteroatoms. The first-order valence-corrected chi connectivity index (χ1v) is 8.56. The molecule has 4 rings (SSSR count). The highest BCUT2D eigenvalue weighted by Crippen LogP contribution is 2.34. The molecule has 1 atom stereocenters. The Morgan fingerprint density at radius 3 is 2.86 bits per heavy atom. The molecule has 2 aliphatic carbocycles. The van der Waals surface area contributed by atoms with Crippen molar-refractivity contribution in [2.45, 2.75) is 51.1 Å². The molecular weight excluding hydrogens is 280 g/mol. The highest BCUT2D eigenvalue weighted by molar-refractivity contribution is 5.79. The van der Waals surface area contributed by atoms with Crippen LogP contribution in [0.15, 0.2) is 0 Å². The Bertz CT molecular complexity index is 536. The zero-order valence-electron chi connectivity index (χ0n) is 12.9. The first kappa shape index (κ1) is 14.1. The molecule has 1 aromatic rings. The van der Waals surface area contributed by atoms with Crippen molar-refractivity contribution in [3.8, 4) is 0 Å². The number of nitrogens with one attached hydrogen (secondary N) is 1. The Labute approximate surface area is 130 Å². The summed E-state index contributed by atoms with van der Waals surface area (Å²) < 4.78 is 1.97. The van der Waals surface area contributed by atoms with Crippen molar-refractivity contribution in [2.24, 2.45) is 11.8 Å². The van der Waals surface area contributed by atoms with Crippen molar-refractivity contribution >= 4 is 5.91 Å². The molecule has 0 bridgehead atoms. The van der Waals surface area contributed by atoms with Crippen LogP contribution in [-0.4, -0.2) is 50.6 Å². The van der Waals surface area contributed by atoms with E-state index in [1.165, 1.54) is 25.7 Å². The van der Waals surface area contributed by atoms with Crippen molar-refractivity contribution < 1.29 is 4.79 Å². The molecule has 22 heavy (non-hydrogen) atoms. The Morgan fingerprint density at radius 1 is 1.23 bits per heavy atom. The summed E-state index contributed by atoms with van der Waals surface area (Å²) in [5.41, 5.74) is 0. The van der Waals surface area contributed by atoms with Gasteiger partial charge in [0.15, 0.2) is 5.82 Å². The quantitative estimate of drug-likeness (QED) is 0.839. The van der Waals surface area contributed by atoms with Gasteiger partial charge in [-0.25, -0.2) is 4.68 Å². The van der Waals surface area contributed by atoms with Gasteiger partial charge in [-0.05, 0) is 61.4 Å². The van der Waals surface area contributed by atoms with Crippen LogP contribution in [-0.2, 0) is 11.3 Å². The van der Waals surface area contributed by atoms with Gasteiger partial charge in [0.2, 0.25) is 5.91 Å². The molecule has 2 heterocycles. The maximum absolute atomic E-state index is 12.3. The van der Waals surface area contributed by atoms with Crippen LogP contribution in [0.1, 0.15) is 50.4 Å². The number of likely N-dealkylation sites (tertiary alicyclic amines) is 1. The number of rotatable bonds is 6. The van der Waals surface area contributed by atoms with E-state index in [2.05, 4.69) is 25.7 Å². The van der Waals surface area contributed by atoms with Crippen molar-refractivity contribution in [3.63, 3.8) is 0 Å². The van der Waals surface area contributed by atoms with Crippen LogP contribution >= 0.6 is 0 Å². The van der Waals surface area contributed by atoms with Crippen LogP contribution in [0.2, 0.25) is 0 Å². The van der Waals surface area contributed by atoms with Gasteiger partial charge in [-0.2, -0.15) is 0 Å². The number of carbonyl (C=O) groups excluding carboxylic acids is 1. The molecule has 120 valence electrons. The Hall–Kier alpha value is -1.50. The van der Waals surface area contributed by atoms with E-state index >= 15 is 0 Å². The zero-order valence-corrected chi connectivity index (χ0v) is 12.9. The van der Waals surface area contributed by atoms with E-state index in [0.717, 1.165) is 50.8 Å². The molecule has 0 spiro atoms. The lowest BCUT2D eigenvalue weighted by molar-refractivity contribution is -0.126. The van der Waals surface area contributed by atoms with Gasteiger partial charge in [-0.1, -0.05) is 0 Å². The highest BCUT2D eigenvalue weighted by Gasteiger charge is 2.31. The maximum Gasteiger partial charge on any atom is 0.224 e. The predicted molar refractivity (Wildman–Crippen MR) is 79.8 cm³/mol. The van der Waals surface area contributed by atoms with E-state index in [9.17, 15) is 4.79 Å². The van der Waals surface area contributed by atoms with Crippen LogP contribution < -0.4 is 5.32 Å². The second-order valence-electron chi connectivity index (χ2n) is 7.03. The molecule has 7 nitrogen and oxygen atoms in total. The van der Waals surface area contributed by atoms with Gasteiger partial charge in [0, 0.05) is 13.1 Å². The van der Waals surface area contributed by atoms with Gasteiger partial charge in [0.1, 0.15) is 0 Å². The number of hydrogen-bond acceptors (Lipinski definition) is 5. The topological polar surface area (TPSA) is 75.9 Å². The number of carbonyl (C=O) groups is 1. The van der Waals surface area contributed by atoms with E-state index < -0.39 is 0 Å². The summed E-state index contributed by atoms with van der Waals surface area (Å²) in [4.78, 5) is 14.6. The minimum Gasteiger partial charge on any atom is -0.356 e. The Kier molecular flexibility index (Phi) is 3.82. The third-order valence-corrected chi connectivity index (χ3v) is 4.96. The lowest BCUT2D eigenvalue weighted by Gasteiger charge is -2.31. The van der Waals surface area contributed by atoms with Crippen LogP contribution in [0.3, 0.4) is 0 Å². The van der Waals surface area contributed by atoms with Crippen LogP contribution in [0.4, 0.5) is 0 Å². The normalized spacial score (nSPS) is 26.1. The average Bonchev–Trinajstić information content (AvgIpc) is 3.46. The minimum absolute atomic E-state index is 0.123. The molecule has 0 aromatic carbocycles. The second-order valence-corrected chi connectivity index (χ2v) is 7.03. The second kappa shape index (κ2) is 5.95. The summed E-state index contributed by atoms with van der Waals surface area (Å²) in [6, 6.07) is 0.507. The lowest BCUT2D eigenvalue weighted by atomic mass is 9.97. The largest absolute Gasteiger partial charge is 0.356 e. The van der Waals surface area contributed by atoms with Crippen molar-refractivity contribution in [3.05, 3.63) is 5.82 Å². The fourth-order valence-corrected chi connectivity index (χ4v) is 3.24. The number of tetrazole rings is 1. The molecule has 3 aliphatic rings. The van der Waals surface area contributed by atoms with Gasteiger partial charge in [-0.15, -0.1) is 5.10 Å². The van der Waals surface area contributed by atoms with Crippen molar-refractivity contribution in [1.82, 2.24) is 30.4 Å². The number of aromatic nitrogens is 4. The fraction of sp³-hybridized carbons (Fsp3) is 0.867. The predicted octanol–water partition coefficient (Wildman–Crippen LogP) is 0.746. The summed E-state index contributed by atoms with van der Waals surface area (Å²) in [7, 11) is 0. The number of piperidine rings is 1. The van der Waals surface area contributed by atoms with Gasteiger partial charge in [-0.3, -0.25) is 9.69 Å². The van der Waals surface area contributed by atoms with Gasteiger partial charge < -0.3 is 5.32 Å². The average molecular weight is 304 g/mol. The van der Waals surface area contributed by atoms with Crippen molar-refractivity contribution in [2.75, 3.05) is 19.6 Å². The van der Waals surface area contributed by atoms with Gasteiger partial charge in [0.25, 0.3) is 0 Å². The molecule has 1 amide bonds. The standard InChI is InChI=1S/C15H24N6O/c22-15(16-8-11-3-4-11)12-2-1-7-20(9-12)10-14-17-18-19-21(14)13-5-6-13/h11-13H,1-10H2,(H,16,22). The van der Waals surface area contributed by atoms with E-state index in [0.29, 0.717) is 6.04 Å². The zero-order chi connectivity index (χ0) is 14.9. The van der Waals surface area contributed by atoms with E-state index in [1.54, 1.807) is 0 Å². The van der Waals surface area contributed by atoms with Gasteiger partial charge >= 0.3 is 0 Å². The molecular formula is C15H24N6O. The molecule has 0 radical (unpaired) electrons. The summed E-state index contributed by atoms with van der Waals surface area (Å²) in [5, 5.41) is 15.2. The molecule has 1 aliphatic heterocycles. The van der Waals surface area contributed by atoms with E-state index in [1.807, 2.05) is 4.68 Å². The monoisotopic (exact) mass is 304 g/mol. The van der Waals surface area contributed by atoms with Crippen LogP contribution in [0.25, 0.3) is 0 Å². The first-order chi connectivity index (χ1) is 10.8. The van der Waals surface area contributed by atoms with Crippen LogP contribution in [0, 0.1) is 11.8 Å². The molecule has 1 aromatic heterocycles. The fourth-order valence-electron chi connectivity index (χ4n) is 3.24. The van der Waals surface area contributed by atoms with E-state index in [-0.39, 0.29) is 11.8 Å². The molecule has 2 saturated carbocycles. The van der Waals surface area contributed by atoms with Gasteiger partial charge in [0.05, 0.1) is 18.5 Å². The van der Waals surface area contributed by atoms with Crippen LogP contribution in [0.5, 0.6) is 0 Å². The lowest BCUT2D eigenvalue weighted by Crippen LogP contribution is -2.43. The first-order valence-electron chi connectivity index (χ1n) is 8.56. The minimum atomic E-state index is 0.123. The SMILES string of the molecule is O=C(NCC1CC1)C1CCCN(Cc2nnnn2C2CC2)C1. The summed E-state index contributed by atoms with van der Waals surface area (Å²) in [5.74, 6) is 2.05. The molecule has 3 fully saturated rings. The third-order valence-electron chi connectivity index (χ3n) is 4.96. The molecule has 1 unspecified atom stereocenters. The number of amides is 1. The van der Waals surface area contributed by atoms with Crippen molar-refractivity contribution in [1.29, 1.82) is 0 Å². The molecule has 1 N–H and O–H groups in total. The molecule has 1 saturated heterocycles. The maximum atomic E-state index is 12.3. The van der Waals surface area contributed by atoms with E-state index in [4.69, 9.17) is 0 Å². The smallest absolute Gasteiger partial charge is 0.224 e.